The second kappa shape index (κ2) is 6.50. The molecular formula is C12H28O4SSi. The maximum absolute atomic E-state index is 10.8. The molecule has 0 saturated carbocycles. The zero-order valence-corrected chi connectivity index (χ0v) is 14.6. The number of hydrogen-bond donors (Lipinski definition) is 0. The van der Waals surface area contributed by atoms with Crippen molar-refractivity contribution in [1.82, 2.24) is 0 Å². The SMILES string of the molecule is CC(CCCOS(C)(=O)=O)O[Si](C)(C)C(C)(C)C. The van der Waals surface area contributed by atoms with Gasteiger partial charge in [0.2, 0.25) is 0 Å². The third-order valence-electron chi connectivity index (χ3n) is 3.35. The predicted octanol–water partition coefficient (Wildman–Crippen LogP) is 3.15. The van der Waals surface area contributed by atoms with Gasteiger partial charge in [-0.25, -0.2) is 0 Å². The van der Waals surface area contributed by atoms with Crippen molar-refractivity contribution in [1.29, 1.82) is 0 Å². The Labute approximate surface area is 113 Å². The summed E-state index contributed by atoms with van der Waals surface area (Å²) >= 11 is 0. The Morgan fingerprint density at radius 3 is 2.11 bits per heavy atom. The first-order valence-electron chi connectivity index (χ1n) is 6.37. The highest BCUT2D eigenvalue weighted by Gasteiger charge is 2.38. The molecular weight excluding hydrogens is 268 g/mol. The fourth-order valence-corrected chi connectivity index (χ4v) is 3.22. The van der Waals surface area contributed by atoms with Crippen molar-refractivity contribution in [2.24, 2.45) is 0 Å². The summed E-state index contributed by atoms with van der Waals surface area (Å²) in [6, 6.07) is 0. The summed E-state index contributed by atoms with van der Waals surface area (Å²) in [5, 5.41) is 0.199. The Balaban J connectivity index is 4.03. The van der Waals surface area contributed by atoms with Gasteiger partial charge >= 0.3 is 0 Å². The molecule has 110 valence electrons. The van der Waals surface area contributed by atoms with E-state index in [1.807, 2.05) is 6.92 Å². The summed E-state index contributed by atoms with van der Waals surface area (Å²) in [5.74, 6) is 0. The van der Waals surface area contributed by atoms with Crippen LogP contribution in [0.3, 0.4) is 0 Å². The molecule has 6 heteroatoms. The van der Waals surface area contributed by atoms with Crippen molar-refractivity contribution in [3.8, 4) is 0 Å². The molecule has 4 nitrogen and oxygen atoms in total. The molecule has 0 aliphatic rings. The highest BCUT2D eigenvalue weighted by atomic mass is 32.2. The van der Waals surface area contributed by atoms with E-state index >= 15 is 0 Å². The molecule has 1 unspecified atom stereocenters. The van der Waals surface area contributed by atoms with Crippen LogP contribution in [0.2, 0.25) is 18.1 Å². The van der Waals surface area contributed by atoms with E-state index in [0.717, 1.165) is 12.7 Å². The van der Waals surface area contributed by atoms with Gasteiger partial charge in [-0.15, -0.1) is 0 Å². The largest absolute Gasteiger partial charge is 0.414 e. The maximum Gasteiger partial charge on any atom is 0.264 e. The fraction of sp³-hybridized carbons (Fsp3) is 1.00. The van der Waals surface area contributed by atoms with Crippen molar-refractivity contribution in [2.45, 2.75) is 64.8 Å². The van der Waals surface area contributed by atoms with E-state index in [-0.39, 0.29) is 17.7 Å². The normalized spacial score (nSPS) is 15.7. The van der Waals surface area contributed by atoms with Gasteiger partial charge in [-0.05, 0) is 37.9 Å². The molecule has 0 aromatic carbocycles. The summed E-state index contributed by atoms with van der Waals surface area (Å²) in [7, 11) is -5.04. The predicted molar refractivity (Wildman–Crippen MR) is 77.8 cm³/mol. The van der Waals surface area contributed by atoms with Gasteiger partial charge in [0, 0.05) is 6.10 Å². The van der Waals surface area contributed by atoms with Crippen molar-refractivity contribution in [3.63, 3.8) is 0 Å². The van der Waals surface area contributed by atoms with Crippen molar-refractivity contribution < 1.29 is 17.0 Å². The van der Waals surface area contributed by atoms with Gasteiger partial charge in [0.1, 0.15) is 0 Å². The summed E-state index contributed by atoms with van der Waals surface area (Å²) in [6.07, 6.45) is 2.74. The lowest BCUT2D eigenvalue weighted by Gasteiger charge is -2.38. The molecule has 0 rings (SSSR count). The van der Waals surface area contributed by atoms with E-state index in [2.05, 4.69) is 33.9 Å². The van der Waals surface area contributed by atoms with Crippen LogP contribution in [0.4, 0.5) is 0 Å². The van der Waals surface area contributed by atoms with Gasteiger partial charge < -0.3 is 4.43 Å². The fourth-order valence-electron chi connectivity index (χ4n) is 1.32. The molecule has 0 aromatic heterocycles. The van der Waals surface area contributed by atoms with Crippen LogP contribution in [0, 0.1) is 0 Å². The second-order valence-corrected chi connectivity index (χ2v) is 12.8. The standard InChI is InChI=1S/C12H28O4SSi/c1-11(9-8-10-15-17(5,13)14)16-18(6,7)12(2,3)4/h11H,8-10H2,1-7H3. The minimum atomic E-state index is -3.31. The quantitative estimate of drug-likeness (QED) is 0.411. The third-order valence-corrected chi connectivity index (χ3v) is 8.55. The highest BCUT2D eigenvalue weighted by molar-refractivity contribution is 7.85. The van der Waals surface area contributed by atoms with Crippen LogP contribution >= 0.6 is 0 Å². The molecule has 0 spiro atoms. The molecule has 0 saturated heterocycles. The molecule has 0 bridgehead atoms. The van der Waals surface area contributed by atoms with Crippen LogP contribution in [-0.4, -0.2) is 35.7 Å². The molecule has 18 heavy (non-hydrogen) atoms. The van der Waals surface area contributed by atoms with Crippen molar-refractivity contribution in [3.05, 3.63) is 0 Å². The number of rotatable bonds is 7. The molecule has 0 radical (unpaired) electrons. The minimum absolute atomic E-state index is 0.147. The van der Waals surface area contributed by atoms with Crippen LogP contribution in [0.1, 0.15) is 40.5 Å². The van der Waals surface area contributed by atoms with E-state index in [0.29, 0.717) is 6.42 Å². The zero-order valence-electron chi connectivity index (χ0n) is 12.7. The highest BCUT2D eigenvalue weighted by Crippen LogP contribution is 2.37. The van der Waals surface area contributed by atoms with E-state index in [1.54, 1.807) is 0 Å². The Bertz CT molecular complexity index is 344. The lowest BCUT2D eigenvalue weighted by Crippen LogP contribution is -2.43. The van der Waals surface area contributed by atoms with Gasteiger partial charge in [0.25, 0.3) is 10.1 Å². The molecule has 0 heterocycles. The van der Waals surface area contributed by atoms with Crippen molar-refractivity contribution in [2.75, 3.05) is 12.9 Å². The van der Waals surface area contributed by atoms with Crippen molar-refractivity contribution >= 4 is 18.4 Å². The van der Waals surface area contributed by atoms with Gasteiger partial charge in [-0.1, -0.05) is 20.8 Å². The molecule has 1 atom stereocenters. The van der Waals surface area contributed by atoms with Crippen LogP contribution in [-0.2, 0) is 18.7 Å². The smallest absolute Gasteiger partial charge is 0.264 e. The van der Waals surface area contributed by atoms with Gasteiger partial charge in [0.15, 0.2) is 8.32 Å². The Morgan fingerprint density at radius 1 is 1.22 bits per heavy atom. The van der Waals surface area contributed by atoms with Crippen LogP contribution in [0.25, 0.3) is 0 Å². The second-order valence-electron chi connectivity index (χ2n) is 6.36. The van der Waals surface area contributed by atoms with E-state index in [9.17, 15) is 8.42 Å². The maximum atomic E-state index is 10.8. The summed E-state index contributed by atoms with van der Waals surface area (Å²) in [6.45, 7) is 13.3. The lowest BCUT2D eigenvalue weighted by molar-refractivity contribution is 0.176. The topological polar surface area (TPSA) is 52.6 Å². The van der Waals surface area contributed by atoms with E-state index < -0.39 is 18.4 Å². The average molecular weight is 297 g/mol. The minimum Gasteiger partial charge on any atom is -0.414 e. The van der Waals surface area contributed by atoms with Crippen LogP contribution in [0.15, 0.2) is 0 Å². The monoisotopic (exact) mass is 296 g/mol. The Hall–Kier alpha value is 0.0869. The number of hydrogen-bond acceptors (Lipinski definition) is 4. The first kappa shape index (κ1) is 18.1. The van der Waals surface area contributed by atoms with Crippen LogP contribution in [0.5, 0.6) is 0 Å². The lowest BCUT2D eigenvalue weighted by atomic mass is 10.2. The molecule has 0 aliphatic carbocycles. The van der Waals surface area contributed by atoms with Gasteiger partial charge in [-0.3, -0.25) is 4.18 Å². The zero-order chi connectivity index (χ0) is 14.6. The third kappa shape index (κ3) is 7.51. The molecule has 0 amide bonds. The Morgan fingerprint density at radius 2 is 1.72 bits per heavy atom. The van der Waals surface area contributed by atoms with E-state index in [4.69, 9.17) is 8.61 Å². The molecule has 0 N–H and O–H groups in total. The summed E-state index contributed by atoms with van der Waals surface area (Å²) < 4.78 is 32.5. The first-order chi connectivity index (χ1) is 7.85. The first-order valence-corrected chi connectivity index (χ1v) is 11.1. The van der Waals surface area contributed by atoms with E-state index in [1.165, 1.54) is 0 Å². The van der Waals surface area contributed by atoms with Gasteiger partial charge in [-0.2, -0.15) is 8.42 Å². The molecule has 0 aromatic rings. The summed E-state index contributed by atoms with van der Waals surface area (Å²) in [5.41, 5.74) is 0. The Kier molecular flexibility index (Phi) is 6.53. The average Bonchev–Trinajstić information content (AvgIpc) is 2.08. The van der Waals surface area contributed by atoms with Gasteiger partial charge in [0.05, 0.1) is 12.9 Å². The van der Waals surface area contributed by atoms with Crippen LogP contribution < -0.4 is 0 Å². The molecule has 0 aliphatic heterocycles. The summed E-state index contributed by atoms with van der Waals surface area (Å²) in [4.78, 5) is 0. The molecule has 0 fully saturated rings.